The molecule has 1 amide bonds. The monoisotopic (exact) mass is 340 g/mol. The number of benzene rings is 2. The minimum absolute atomic E-state index is 0.0806. The molecule has 0 fully saturated rings. The van der Waals surface area contributed by atoms with Crippen LogP contribution in [0.1, 0.15) is 32.3 Å². The van der Waals surface area contributed by atoms with E-state index in [1.165, 1.54) is 0 Å². The molecule has 2 aromatic carbocycles. The van der Waals surface area contributed by atoms with Gasteiger partial charge in [0.05, 0.1) is 0 Å². The fraction of sp³-hybridized carbons (Fsp3) is 0.350. The van der Waals surface area contributed by atoms with Crippen molar-refractivity contribution in [1.29, 1.82) is 0 Å². The van der Waals surface area contributed by atoms with Crippen LogP contribution in [0.15, 0.2) is 42.5 Å². The van der Waals surface area contributed by atoms with E-state index in [2.05, 4.69) is 24.5 Å². The Hall–Kier alpha value is -2.69. The van der Waals surface area contributed by atoms with Crippen LogP contribution < -0.4 is 20.1 Å². The largest absolute Gasteiger partial charge is 0.486 e. The molecule has 1 aliphatic heterocycles. The van der Waals surface area contributed by atoms with Gasteiger partial charge < -0.3 is 20.1 Å². The maximum absolute atomic E-state index is 12.6. The van der Waals surface area contributed by atoms with E-state index >= 15 is 0 Å². The number of para-hydroxylation sites is 1. The van der Waals surface area contributed by atoms with Crippen molar-refractivity contribution in [1.82, 2.24) is 0 Å². The normalized spacial score (nSPS) is 14.1. The number of rotatable bonds is 5. The van der Waals surface area contributed by atoms with Crippen molar-refractivity contribution in [2.75, 3.05) is 23.8 Å². The van der Waals surface area contributed by atoms with Gasteiger partial charge in [-0.05, 0) is 36.6 Å². The Morgan fingerprint density at radius 3 is 2.48 bits per heavy atom. The Kier molecular flexibility index (Phi) is 5.12. The number of fused-ring (bicyclic) bond motifs is 1. The molecule has 3 rings (SSSR count). The lowest BCUT2D eigenvalue weighted by molar-refractivity contribution is -0.116. The van der Waals surface area contributed by atoms with Crippen molar-refractivity contribution in [3.8, 4) is 11.5 Å². The Balaban J connectivity index is 1.67. The summed E-state index contributed by atoms with van der Waals surface area (Å²) in [5.74, 6) is 1.70. The summed E-state index contributed by atoms with van der Waals surface area (Å²) < 4.78 is 11.1. The van der Waals surface area contributed by atoms with Crippen LogP contribution in [-0.4, -0.2) is 25.2 Å². The lowest BCUT2D eigenvalue weighted by atomic mass is 10.0. The third-order valence-corrected chi connectivity index (χ3v) is 4.16. The standard InChI is InChI=1S/C20H24N2O3/c1-13(2)16-6-4-5-7-17(16)22-20(23)14(3)21-15-8-9-18-19(12-15)25-11-10-24-18/h4-9,12-14,21H,10-11H2,1-3H3,(H,22,23). The van der Waals surface area contributed by atoms with Gasteiger partial charge in [0.15, 0.2) is 11.5 Å². The van der Waals surface area contributed by atoms with E-state index in [1.54, 1.807) is 0 Å². The number of nitrogens with one attached hydrogen (secondary N) is 2. The molecule has 0 aromatic heterocycles. The molecule has 1 atom stereocenters. The van der Waals surface area contributed by atoms with E-state index < -0.39 is 0 Å². The van der Waals surface area contributed by atoms with Crippen LogP contribution in [0.25, 0.3) is 0 Å². The molecule has 2 N–H and O–H groups in total. The van der Waals surface area contributed by atoms with Gasteiger partial charge in [-0.25, -0.2) is 0 Å². The van der Waals surface area contributed by atoms with Crippen molar-refractivity contribution in [2.24, 2.45) is 0 Å². The highest BCUT2D eigenvalue weighted by Crippen LogP contribution is 2.32. The van der Waals surface area contributed by atoms with E-state index in [-0.39, 0.29) is 11.9 Å². The van der Waals surface area contributed by atoms with Gasteiger partial charge in [0.2, 0.25) is 5.91 Å². The molecule has 0 radical (unpaired) electrons. The lowest BCUT2D eigenvalue weighted by Crippen LogP contribution is -2.32. The number of ether oxygens (including phenoxy) is 2. The summed E-state index contributed by atoms with van der Waals surface area (Å²) in [5, 5.41) is 6.23. The molecule has 25 heavy (non-hydrogen) atoms. The van der Waals surface area contributed by atoms with Crippen LogP contribution in [0.4, 0.5) is 11.4 Å². The van der Waals surface area contributed by atoms with Crippen LogP contribution >= 0.6 is 0 Å². The van der Waals surface area contributed by atoms with Crippen molar-refractivity contribution in [3.05, 3.63) is 48.0 Å². The number of carbonyl (C=O) groups is 1. The van der Waals surface area contributed by atoms with Gasteiger partial charge in [0.25, 0.3) is 0 Å². The molecule has 0 saturated heterocycles. The molecule has 5 nitrogen and oxygen atoms in total. The van der Waals surface area contributed by atoms with Gasteiger partial charge in [-0.15, -0.1) is 0 Å². The predicted molar refractivity (Wildman–Crippen MR) is 99.7 cm³/mol. The molecule has 0 aliphatic carbocycles. The maximum atomic E-state index is 12.6. The smallest absolute Gasteiger partial charge is 0.246 e. The first-order chi connectivity index (χ1) is 12.0. The summed E-state index contributed by atoms with van der Waals surface area (Å²) in [5.41, 5.74) is 2.81. The second-order valence-electron chi connectivity index (χ2n) is 6.46. The molecule has 1 unspecified atom stereocenters. The summed E-state index contributed by atoms with van der Waals surface area (Å²) in [4.78, 5) is 12.6. The van der Waals surface area contributed by atoms with E-state index in [1.807, 2.05) is 49.4 Å². The summed E-state index contributed by atoms with van der Waals surface area (Å²) >= 11 is 0. The Labute approximate surface area is 148 Å². The zero-order chi connectivity index (χ0) is 17.8. The van der Waals surface area contributed by atoms with Crippen molar-refractivity contribution < 1.29 is 14.3 Å². The van der Waals surface area contributed by atoms with Crippen molar-refractivity contribution in [2.45, 2.75) is 32.7 Å². The van der Waals surface area contributed by atoms with Gasteiger partial charge in [-0.2, -0.15) is 0 Å². The number of hydrogen-bond donors (Lipinski definition) is 2. The molecule has 1 heterocycles. The van der Waals surface area contributed by atoms with Crippen molar-refractivity contribution in [3.63, 3.8) is 0 Å². The van der Waals surface area contributed by atoms with Gasteiger partial charge in [-0.1, -0.05) is 32.0 Å². The average Bonchev–Trinajstić information content (AvgIpc) is 2.61. The molecule has 0 bridgehead atoms. The van der Waals surface area contributed by atoms with E-state index in [0.717, 1.165) is 22.7 Å². The number of carbonyl (C=O) groups excluding carboxylic acids is 1. The molecule has 5 heteroatoms. The SMILES string of the molecule is CC(Nc1ccc2c(c1)OCCO2)C(=O)Nc1ccccc1C(C)C. The molecule has 0 spiro atoms. The molecule has 0 saturated carbocycles. The fourth-order valence-electron chi connectivity index (χ4n) is 2.80. The third kappa shape index (κ3) is 4.05. The summed E-state index contributed by atoms with van der Waals surface area (Å²) in [7, 11) is 0. The molecular weight excluding hydrogens is 316 g/mol. The van der Waals surface area contributed by atoms with Crippen LogP contribution in [-0.2, 0) is 4.79 Å². The third-order valence-electron chi connectivity index (χ3n) is 4.16. The highest BCUT2D eigenvalue weighted by Gasteiger charge is 2.17. The van der Waals surface area contributed by atoms with E-state index in [0.29, 0.717) is 24.9 Å². The zero-order valence-corrected chi connectivity index (χ0v) is 14.8. The Morgan fingerprint density at radius 1 is 1.00 bits per heavy atom. The van der Waals surface area contributed by atoms with Crippen LogP contribution in [0.2, 0.25) is 0 Å². The second kappa shape index (κ2) is 7.47. The molecule has 2 aromatic rings. The molecule has 132 valence electrons. The van der Waals surface area contributed by atoms with Crippen molar-refractivity contribution >= 4 is 17.3 Å². The average molecular weight is 340 g/mol. The minimum atomic E-state index is -0.386. The quantitative estimate of drug-likeness (QED) is 0.863. The zero-order valence-electron chi connectivity index (χ0n) is 14.8. The maximum Gasteiger partial charge on any atom is 0.246 e. The van der Waals surface area contributed by atoms with Gasteiger partial charge in [-0.3, -0.25) is 4.79 Å². The summed E-state index contributed by atoms with van der Waals surface area (Å²) in [6.45, 7) is 7.17. The number of hydrogen-bond acceptors (Lipinski definition) is 4. The first-order valence-corrected chi connectivity index (χ1v) is 8.60. The second-order valence-corrected chi connectivity index (χ2v) is 6.46. The van der Waals surface area contributed by atoms with Crippen LogP contribution in [0.5, 0.6) is 11.5 Å². The fourth-order valence-corrected chi connectivity index (χ4v) is 2.80. The van der Waals surface area contributed by atoms with E-state index in [4.69, 9.17) is 9.47 Å². The first kappa shape index (κ1) is 17.1. The summed E-state index contributed by atoms with van der Waals surface area (Å²) in [6, 6.07) is 13.1. The number of anilines is 2. The predicted octanol–water partition coefficient (Wildman–Crippen LogP) is 4.02. The lowest BCUT2D eigenvalue weighted by Gasteiger charge is -2.21. The topological polar surface area (TPSA) is 59.6 Å². The summed E-state index contributed by atoms with van der Waals surface area (Å²) in [6.07, 6.45) is 0. The van der Waals surface area contributed by atoms with Gasteiger partial charge in [0.1, 0.15) is 19.3 Å². The van der Waals surface area contributed by atoms with E-state index in [9.17, 15) is 4.79 Å². The van der Waals surface area contributed by atoms with Gasteiger partial charge >= 0.3 is 0 Å². The highest BCUT2D eigenvalue weighted by atomic mass is 16.6. The molecule has 1 aliphatic rings. The minimum Gasteiger partial charge on any atom is -0.486 e. The number of amides is 1. The Bertz CT molecular complexity index is 758. The molecular formula is C20H24N2O3. The van der Waals surface area contributed by atoms with Crippen LogP contribution in [0.3, 0.4) is 0 Å². The first-order valence-electron chi connectivity index (χ1n) is 8.60. The van der Waals surface area contributed by atoms with Gasteiger partial charge in [0, 0.05) is 17.4 Å². The van der Waals surface area contributed by atoms with Crippen LogP contribution in [0, 0.1) is 0 Å². The Morgan fingerprint density at radius 2 is 1.72 bits per heavy atom. The highest BCUT2D eigenvalue weighted by molar-refractivity contribution is 5.97.